The number of hydrogen-bond acceptors (Lipinski definition) is 6. The van der Waals surface area contributed by atoms with Crippen LogP contribution in [0, 0.1) is 5.92 Å². The Morgan fingerprint density at radius 2 is 2.29 bits per heavy atom. The van der Waals surface area contributed by atoms with Gasteiger partial charge in [0, 0.05) is 6.54 Å². The molecule has 1 aromatic rings. The number of carbonyl (C=O) groups excluding carboxylic acids is 1. The average Bonchev–Trinajstić information content (AvgIpc) is 2.91. The molecule has 1 aromatic heterocycles. The van der Waals surface area contributed by atoms with Crippen LogP contribution in [-0.4, -0.2) is 40.8 Å². The van der Waals surface area contributed by atoms with Gasteiger partial charge in [-0.1, -0.05) is 20.3 Å². The van der Waals surface area contributed by atoms with E-state index >= 15 is 0 Å². The van der Waals surface area contributed by atoms with Crippen molar-refractivity contribution in [1.82, 2.24) is 9.97 Å². The molecule has 1 amide bonds. The number of nitrogens with one attached hydrogen (secondary N) is 2. The lowest BCUT2D eigenvalue weighted by Gasteiger charge is -2.31. The number of carbonyl (C=O) groups is 1. The van der Waals surface area contributed by atoms with Crippen molar-refractivity contribution in [2.24, 2.45) is 10.9 Å². The van der Waals surface area contributed by atoms with Crippen LogP contribution in [0.1, 0.15) is 27.2 Å². The van der Waals surface area contributed by atoms with Gasteiger partial charge in [0.15, 0.2) is 11.6 Å². The molecule has 0 saturated heterocycles. The van der Waals surface area contributed by atoms with Crippen molar-refractivity contribution in [2.75, 3.05) is 28.6 Å². The van der Waals surface area contributed by atoms with Crippen LogP contribution in [0.3, 0.4) is 0 Å². The molecule has 3 rings (SSSR count). The predicted octanol–water partition coefficient (Wildman–Crippen LogP) is 1.49. The lowest BCUT2D eigenvalue weighted by Crippen LogP contribution is -2.44. The van der Waals surface area contributed by atoms with Crippen molar-refractivity contribution < 1.29 is 4.79 Å². The molecule has 7 nitrogen and oxygen atoms in total. The van der Waals surface area contributed by atoms with Crippen LogP contribution in [0.2, 0.25) is 0 Å². The van der Waals surface area contributed by atoms with Gasteiger partial charge in [0.2, 0.25) is 5.91 Å². The van der Waals surface area contributed by atoms with Crippen LogP contribution >= 0.6 is 0 Å². The van der Waals surface area contributed by atoms with E-state index in [-0.39, 0.29) is 17.9 Å². The fourth-order valence-electron chi connectivity index (χ4n) is 2.67. The molecule has 0 spiro atoms. The summed E-state index contributed by atoms with van der Waals surface area (Å²) in [6.07, 6.45) is 2.45. The molecule has 0 fully saturated rings. The molecular weight excluding hydrogens is 268 g/mol. The average molecular weight is 288 g/mol. The summed E-state index contributed by atoms with van der Waals surface area (Å²) in [6.45, 7) is 7.61. The van der Waals surface area contributed by atoms with Crippen molar-refractivity contribution in [3.63, 3.8) is 0 Å². The van der Waals surface area contributed by atoms with Crippen LogP contribution in [0.15, 0.2) is 11.3 Å². The highest BCUT2D eigenvalue weighted by molar-refractivity contribution is 6.08. The molecule has 2 unspecified atom stereocenters. The van der Waals surface area contributed by atoms with Crippen molar-refractivity contribution in [3.8, 4) is 0 Å². The van der Waals surface area contributed by atoms with Gasteiger partial charge in [-0.25, -0.2) is 9.97 Å². The zero-order chi connectivity index (χ0) is 15.0. The van der Waals surface area contributed by atoms with Crippen LogP contribution in [0.4, 0.5) is 17.3 Å². The van der Waals surface area contributed by atoms with Crippen LogP contribution in [0.25, 0.3) is 0 Å². The highest BCUT2D eigenvalue weighted by Gasteiger charge is 2.33. The number of aromatic nitrogens is 2. The smallest absolute Gasteiger partial charge is 0.247 e. The first-order valence-electron chi connectivity index (χ1n) is 7.32. The highest BCUT2D eigenvalue weighted by atomic mass is 16.2. The van der Waals surface area contributed by atoms with Crippen LogP contribution < -0.4 is 15.5 Å². The lowest BCUT2D eigenvalue weighted by atomic mass is 9.97. The van der Waals surface area contributed by atoms with Gasteiger partial charge >= 0.3 is 0 Å². The fraction of sp³-hybridized carbons (Fsp3) is 0.571. The van der Waals surface area contributed by atoms with Gasteiger partial charge in [-0.05, 0) is 12.8 Å². The summed E-state index contributed by atoms with van der Waals surface area (Å²) in [5.74, 6) is 2.52. The molecule has 0 saturated carbocycles. The van der Waals surface area contributed by atoms with Gasteiger partial charge in [-0.3, -0.25) is 9.79 Å². The topological polar surface area (TPSA) is 82.5 Å². The summed E-state index contributed by atoms with van der Waals surface area (Å²) in [6, 6.07) is -0.251. The largest absolute Gasteiger partial charge is 0.356 e. The fourth-order valence-corrected chi connectivity index (χ4v) is 2.67. The number of hydrogen-bond donors (Lipinski definition) is 2. The van der Waals surface area contributed by atoms with E-state index in [1.807, 2.05) is 11.8 Å². The van der Waals surface area contributed by atoms with Gasteiger partial charge in [-0.2, -0.15) is 0 Å². The minimum atomic E-state index is -0.251. The Morgan fingerprint density at radius 1 is 1.48 bits per heavy atom. The third kappa shape index (κ3) is 2.32. The van der Waals surface area contributed by atoms with E-state index in [2.05, 4.69) is 39.4 Å². The molecule has 0 aliphatic carbocycles. The van der Waals surface area contributed by atoms with E-state index in [4.69, 9.17) is 0 Å². The summed E-state index contributed by atoms with van der Waals surface area (Å²) in [5.41, 5.74) is 0.651. The van der Waals surface area contributed by atoms with E-state index in [1.54, 1.807) is 0 Å². The summed E-state index contributed by atoms with van der Waals surface area (Å²) >= 11 is 0. The Hall–Kier alpha value is -2.18. The zero-order valence-corrected chi connectivity index (χ0v) is 12.6. The second-order valence-electron chi connectivity index (χ2n) is 5.50. The maximum Gasteiger partial charge on any atom is 0.247 e. The SMILES string of the molecule is CCC(C)C1Nc2ncnc(N3CCN=C3C)c2NC1=O. The third-order valence-electron chi connectivity index (χ3n) is 4.17. The van der Waals surface area contributed by atoms with Crippen molar-refractivity contribution >= 4 is 29.1 Å². The number of amides is 1. The van der Waals surface area contributed by atoms with Gasteiger partial charge in [0.25, 0.3) is 0 Å². The molecular formula is C14H20N6O. The number of amidine groups is 1. The summed E-state index contributed by atoms with van der Waals surface area (Å²) in [7, 11) is 0. The van der Waals surface area contributed by atoms with E-state index < -0.39 is 0 Å². The molecule has 112 valence electrons. The van der Waals surface area contributed by atoms with E-state index in [0.717, 1.165) is 25.3 Å². The standard InChI is InChI=1S/C14H20N6O/c1-4-8(2)10-14(21)19-11-12(18-10)16-7-17-13(11)20-6-5-15-9(20)3/h7-8,10H,4-6H2,1-3H3,(H,19,21)(H,16,17,18). The normalized spacial score (nSPS) is 22.2. The number of rotatable bonds is 3. The lowest BCUT2D eigenvalue weighted by molar-refractivity contribution is -0.118. The second-order valence-corrected chi connectivity index (χ2v) is 5.50. The Morgan fingerprint density at radius 3 is 2.95 bits per heavy atom. The summed E-state index contributed by atoms with van der Waals surface area (Å²) < 4.78 is 0. The quantitative estimate of drug-likeness (QED) is 0.880. The maximum absolute atomic E-state index is 12.3. The Balaban J connectivity index is 1.96. The van der Waals surface area contributed by atoms with Gasteiger partial charge in [0.05, 0.1) is 6.54 Å². The van der Waals surface area contributed by atoms with Crippen LogP contribution in [0.5, 0.6) is 0 Å². The van der Waals surface area contributed by atoms with E-state index in [9.17, 15) is 4.79 Å². The number of anilines is 3. The van der Waals surface area contributed by atoms with Crippen molar-refractivity contribution in [3.05, 3.63) is 6.33 Å². The molecule has 0 aromatic carbocycles. The van der Waals surface area contributed by atoms with Gasteiger partial charge < -0.3 is 15.5 Å². The van der Waals surface area contributed by atoms with E-state index in [0.29, 0.717) is 17.3 Å². The predicted molar refractivity (Wildman–Crippen MR) is 82.8 cm³/mol. The summed E-state index contributed by atoms with van der Waals surface area (Å²) in [4.78, 5) is 27.3. The first kappa shape index (κ1) is 13.8. The zero-order valence-electron chi connectivity index (χ0n) is 12.6. The molecule has 0 bridgehead atoms. The highest BCUT2D eigenvalue weighted by Crippen LogP contribution is 2.35. The first-order valence-corrected chi connectivity index (χ1v) is 7.32. The van der Waals surface area contributed by atoms with Gasteiger partial charge in [0.1, 0.15) is 23.9 Å². The Kier molecular flexibility index (Phi) is 3.48. The minimum absolute atomic E-state index is 0.0262. The van der Waals surface area contributed by atoms with Gasteiger partial charge in [-0.15, -0.1) is 0 Å². The number of nitrogens with zero attached hydrogens (tertiary/aromatic N) is 4. The maximum atomic E-state index is 12.3. The molecule has 2 aliphatic heterocycles. The van der Waals surface area contributed by atoms with Crippen molar-refractivity contribution in [2.45, 2.75) is 33.2 Å². The number of fused-ring (bicyclic) bond motifs is 1. The minimum Gasteiger partial charge on any atom is -0.356 e. The number of aliphatic imine (C=N–C) groups is 1. The molecule has 2 atom stereocenters. The molecule has 21 heavy (non-hydrogen) atoms. The molecule has 3 heterocycles. The second kappa shape index (κ2) is 5.31. The summed E-state index contributed by atoms with van der Waals surface area (Å²) in [5, 5.41) is 6.21. The van der Waals surface area contributed by atoms with E-state index in [1.165, 1.54) is 6.33 Å². The monoisotopic (exact) mass is 288 g/mol. The molecule has 2 N–H and O–H groups in total. The first-order chi connectivity index (χ1) is 10.1. The molecule has 7 heteroatoms. The molecule has 2 aliphatic rings. The molecule has 0 radical (unpaired) electrons. The van der Waals surface area contributed by atoms with Crippen molar-refractivity contribution in [1.29, 1.82) is 0 Å². The Bertz CT molecular complexity index is 599. The third-order valence-corrected chi connectivity index (χ3v) is 4.17. The van der Waals surface area contributed by atoms with Crippen LogP contribution in [-0.2, 0) is 4.79 Å². The Labute approximate surface area is 123 Å².